The minimum atomic E-state index is 0.539. The van der Waals surface area contributed by atoms with Crippen molar-refractivity contribution in [3.63, 3.8) is 0 Å². The second-order valence-corrected chi connectivity index (χ2v) is 2.60. The molecule has 1 aromatic carbocycles. The Bertz CT molecular complexity index is 290. The number of carbonyl (C=O) groups excluding carboxylic acids is 1. The molecule has 13 heavy (non-hydrogen) atoms. The number of aryl methyl sites for hydroxylation is 1. The molecule has 1 amide bonds. The molecule has 0 aliphatic carbocycles. The van der Waals surface area contributed by atoms with Crippen molar-refractivity contribution in [1.82, 2.24) is 5.43 Å². The fourth-order valence-corrected chi connectivity index (χ4v) is 0.982. The van der Waals surface area contributed by atoms with E-state index in [1.165, 1.54) is 5.56 Å². The molecule has 0 radical (unpaired) electrons. The van der Waals surface area contributed by atoms with E-state index in [-0.39, 0.29) is 0 Å². The lowest BCUT2D eigenvalue weighted by atomic mass is 10.1. The molecule has 3 heteroatoms. The zero-order valence-corrected chi connectivity index (χ0v) is 7.53. The summed E-state index contributed by atoms with van der Waals surface area (Å²) in [6.07, 6.45) is 3.18. The first-order valence-electron chi connectivity index (χ1n) is 4.18. The molecule has 0 aliphatic heterocycles. The van der Waals surface area contributed by atoms with Gasteiger partial charge in [-0.1, -0.05) is 31.2 Å². The average Bonchev–Trinajstić information content (AvgIpc) is 2.19. The van der Waals surface area contributed by atoms with Crippen LogP contribution in [0.3, 0.4) is 0 Å². The van der Waals surface area contributed by atoms with Crippen LogP contribution in [-0.4, -0.2) is 12.6 Å². The van der Waals surface area contributed by atoms with Gasteiger partial charge in [0, 0.05) is 0 Å². The predicted octanol–water partition coefficient (Wildman–Crippen LogP) is 1.33. The van der Waals surface area contributed by atoms with Gasteiger partial charge in [-0.2, -0.15) is 5.10 Å². The highest BCUT2D eigenvalue weighted by Gasteiger charge is 1.88. The summed E-state index contributed by atoms with van der Waals surface area (Å²) in [5.41, 5.74) is 4.48. The maximum atomic E-state index is 9.87. The summed E-state index contributed by atoms with van der Waals surface area (Å²) in [4.78, 5) is 9.87. The van der Waals surface area contributed by atoms with Crippen molar-refractivity contribution in [2.75, 3.05) is 0 Å². The Morgan fingerprint density at radius 3 is 2.62 bits per heavy atom. The number of nitrogens with one attached hydrogen (secondary N) is 1. The number of hydrazone groups is 1. The molecule has 68 valence electrons. The molecular weight excluding hydrogens is 164 g/mol. The summed E-state index contributed by atoms with van der Waals surface area (Å²) >= 11 is 0. The average molecular weight is 176 g/mol. The molecule has 0 saturated heterocycles. The Hall–Kier alpha value is -1.64. The summed E-state index contributed by atoms with van der Waals surface area (Å²) in [6.45, 7) is 2.11. The number of rotatable bonds is 4. The van der Waals surface area contributed by atoms with E-state index in [4.69, 9.17) is 0 Å². The molecular formula is C10H12N2O. The molecule has 1 rings (SSSR count). The van der Waals surface area contributed by atoms with E-state index in [0.717, 1.165) is 12.0 Å². The molecule has 0 heterocycles. The lowest BCUT2D eigenvalue weighted by Crippen LogP contribution is -2.00. The van der Waals surface area contributed by atoms with Crippen LogP contribution in [0.4, 0.5) is 0 Å². The maximum absolute atomic E-state index is 9.87. The van der Waals surface area contributed by atoms with Crippen LogP contribution in [0.1, 0.15) is 18.1 Å². The molecule has 0 unspecified atom stereocenters. The van der Waals surface area contributed by atoms with Crippen LogP contribution in [-0.2, 0) is 11.2 Å². The Kier molecular flexibility index (Phi) is 3.70. The van der Waals surface area contributed by atoms with E-state index >= 15 is 0 Å². The number of hydrogen-bond donors (Lipinski definition) is 1. The van der Waals surface area contributed by atoms with Crippen LogP contribution in [0, 0.1) is 0 Å². The molecule has 0 spiro atoms. The Balaban J connectivity index is 2.63. The minimum Gasteiger partial charge on any atom is -0.277 e. The van der Waals surface area contributed by atoms with Crippen LogP contribution < -0.4 is 5.43 Å². The third-order valence-electron chi connectivity index (χ3n) is 1.73. The standard InChI is InChI=1S/C10H12N2O/c1-2-9-3-5-10(6-4-9)7-11-12-8-13/h3-8H,2H2,1H3,(H,12,13). The third-order valence-corrected chi connectivity index (χ3v) is 1.73. The smallest absolute Gasteiger partial charge is 0.227 e. The zero-order valence-electron chi connectivity index (χ0n) is 7.53. The summed E-state index contributed by atoms with van der Waals surface area (Å²) in [7, 11) is 0. The van der Waals surface area contributed by atoms with E-state index in [9.17, 15) is 4.79 Å². The number of carbonyl (C=O) groups is 1. The third kappa shape index (κ3) is 3.07. The molecule has 0 bridgehead atoms. The first-order valence-corrected chi connectivity index (χ1v) is 4.18. The van der Waals surface area contributed by atoms with Gasteiger partial charge < -0.3 is 0 Å². The second kappa shape index (κ2) is 5.09. The summed E-state index contributed by atoms with van der Waals surface area (Å²) < 4.78 is 0. The van der Waals surface area contributed by atoms with E-state index in [1.54, 1.807) is 6.21 Å². The second-order valence-electron chi connectivity index (χ2n) is 2.60. The molecule has 0 fully saturated rings. The van der Waals surface area contributed by atoms with E-state index in [0.29, 0.717) is 6.41 Å². The van der Waals surface area contributed by atoms with Gasteiger partial charge in [-0.3, -0.25) is 4.79 Å². The first-order chi connectivity index (χ1) is 6.36. The van der Waals surface area contributed by atoms with Gasteiger partial charge in [0.25, 0.3) is 0 Å². The van der Waals surface area contributed by atoms with Crippen LogP contribution in [0.15, 0.2) is 29.4 Å². The van der Waals surface area contributed by atoms with Crippen LogP contribution in [0.5, 0.6) is 0 Å². The fourth-order valence-electron chi connectivity index (χ4n) is 0.982. The lowest BCUT2D eigenvalue weighted by Gasteiger charge is -1.96. The van der Waals surface area contributed by atoms with Crippen molar-refractivity contribution in [3.8, 4) is 0 Å². The Morgan fingerprint density at radius 1 is 1.38 bits per heavy atom. The van der Waals surface area contributed by atoms with Crippen molar-refractivity contribution >= 4 is 12.6 Å². The monoisotopic (exact) mass is 176 g/mol. The number of benzene rings is 1. The number of amides is 1. The molecule has 0 saturated carbocycles. The van der Waals surface area contributed by atoms with Gasteiger partial charge in [0.1, 0.15) is 0 Å². The minimum absolute atomic E-state index is 0.539. The summed E-state index contributed by atoms with van der Waals surface area (Å²) in [5, 5.41) is 3.67. The molecule has 0 atom stereocenters. The molecule has 0 aromatic heterocycles. The maximum Gasteiger partial charge on any atom is 0.227 e. The van der Waals surface area contributed by atoms with Gasteiger partial charge >= 0.3 is 0 Å². The number of hydrogen-bond acceptors (Lipinski definition) is 2. The largest absolute Gasteiger partial charge is 0.277 e. The Morgan fingerprint density at radius 2 is 2.08 bits per heavy atom. The van der Waals surface area contributed by atoms with Gasteiger partial charge in [-0.25, -0.2) is 5.43 Å². The molecule has 1 N–H and O–H groups in total. The van der Waals surface area contributed by atoms with Crippen molar-refractivity contribution < 1.29 is 4.79 Å². The van der Waals surface area contributed by atoms with Crippen LogP contribution >= 0.6 is 0 Å². The van der Waals surface area contributed by atoms with Gasteiger partial charge in [0.05, 0.1) is 6.21 Å². The summed E-state index contributed by atoms with van der Waals surface area (Å²) in [5.74, 6) is 0. The van der Waals surface area contributed by atoms with Gasteiger partial charge in [-0.15, -0.1) is 0 Å². The van der Waals surface area contributed by atoms with Crippen molar-refractivity contribution in [1.29, 1.82) is 0 Å². The van der Waals surface area contributed by atoms with Crippen LogP contribution in [0.25, 0.3) is 0 Å². The molecule has 0 aliphatic rings. The highest BCUT2D eigenvalue weighted by Crippen LogP contribution is 2.02. The Labute approximate surface area is 77.5 Å². The first kappa shape index (κ1) is 9.45. The molecule has 3 nitrogen and oxygen atoms in total. The van der Waals surface area contributed by atoms with E-state index < -0.39 is 0 Å². The summed E-state index contributed by atoms with van der Waals surface area (Å²) in [6, 6.07) is 8.02. The van der Waals surface area contributed by atoms with Gasteiger partial charge in [-0.05, 0) is 17.5 Å². The van der Waals surface area contributed by atoms with Crippen LogP contribution in [0.2, 0.25) is 0 Å². The highest BCUT2D eigenvalue weighted by molar-refractivity contribution is 5.79. The zero-order chi connectivity index (χ0) is 9.52. The highest BCUT2D eigenvalue weighted by atomic mass is 16.1. The van der Waals surface area contributed by atoms with Gasteiger partial charge in [0.15, 0.2) is 0 Å². The SMILES string of the molecule is CCc1ccc(C=NNC=O)cc1. The fraction of sp³-hybridized carbons (Fsp3) is 0.200. The van der Waals surface area contributed by atoms with Crippen molar-refractivity contribution in [2.24, 2.45) is 5.10 Å². The van der Waals surface area contributed by atoms with Crippen molar-refractivity contribution in [2.45, 2.75) is 13.3 Å². The van der Waals surface area contributed by atoms with Crippen molar-refractivity contribution in [3.05, 3.63) is 35.4 Å². The van der Waals surface area contributed by atoms with E-state index in [1.807, 2.05) is 24.3 Å². The number of nitrogens with zero attached hydrogens (tertiary/aromatic N) is 1. The predicted molar refractivity (Wildman–Crippen MR) is 52.6 cm³/mol. The topological polar surface area (TPSA) is 41.5 Å². The van der Waals surface area contributed by atoms with E-state index in [2.05, 4.69) is 17.5 Å². The lowest BCUT2D eigenvalue weighted by molar-refractivity contribution is -0.109. The normalized spacial score (nSPS) is 10.2. The van der Waals surface area contributed by atoms with Gasteiger partial charge in [0.2, 0.25) is 6.41 Å². The quantitative estimate of drug-likeness (QED) is 0.419. The molecule has 1 aromatic rings.